The van der Waals surface area contributed by atoms with Gasteiger partial charge in [0.25, 0.3) is 0 Å². The molecule has 0 saturated carbocycles. The minimum atomic E-state index is -0.294. The van der Waals surface area contributed by atoms with Gasteiger partial charge in [0.2, 0.25) is 0 Å². The van der Waals surface area contributed by atoms with Crippen molar-refractivity contribution in [1.29, 1.82) is 0 Å². The van der Waals surface area contributed by atoms with Gasteiger partial charge in [-0.1, -0.05) is 43.5 Å². The monoisotopic (exact) mass is 377 g/mol. The van der Waals surface area contributed by atoms with Gasteiger partial charge in [0.05, 0.1) is 30.5 Å². The maximum absolute atomic E-state index is 12.9. The van der Waals surface area contributed by atoms with Crippen LogP contribution >= 0.6 is 0 Å². The summed E-state index contributed by atoms with van der Waals surface area (Å²) in [6.07, 6.45) is 3.03. The second-order valence-corrected chi connectivity index (χ2v) is 7.11. The molecule has 4 heteroatoms. The third kappa shape index (κ3) is 4.33. The highest BCUT2D eigenvalue weighted by Crippen LogP contribution is 2.30. The summed E-state index contributed by atoms with van der Waals surface area (Å²) in [4.78, 5) is 17.7. The number of rotatable bonds is 7. The lowest BCUT2D eigenvalue weighted by molar-refractivity contribution is 0.0500. The first kappa shape index (κ1) is 19.9. The van der Waals surface area contributed by atoms with Gasteiger partial charge < -0.3 is 9.47 Å². The van der Waals surface area contributed by atoms with E-state index in [2.05, 4.69) is 13.0 Å². The number of benzene rings is 2. The van der Waals surface area contributed by atoms with Crippen LogP contribution in [0.2, 0.25) is 0 Å². The predicted octanol–water partition coefficient (Wildman–Crippen LogP) is 5.87. The number of methoxy groups -OCH3 is 1. The number of aromatic nitrogens is 1. The quantitative estimate of drug-likeness (QED) is 0.381. The molecule has 28 heavy (non-hydrogen) atoms. The highest BCUT2D eigenvalue weighted by atomic mass is 16.5. The summed E-state index contributed by atoms with van der Waals surface area (Å²) in [7, 11) is 1.64. The minimum Gasteiger partial charge on any atom is -0.497 e. The molecule has 0 unspecified atom stereocenters. The second kappa shape index (κ2) is 8.87. The Bertz CT molecular complexity index is 995. The number of unbranched alkanes of at least 4 members (excludes halogenated alkanes) is 2. The van der Waals surface area contributed by atoms with E-state index in [-0.39, 0.29) is 5.97 Å². The molecule has 0 aliphatic rings. The molecular weight excluding hydrogens is 350 g/mol. The van der Waals surface area contributed by atoms with E-state index in [1.54, 1.807) is 7.11 Å². The zero-order chi connectivity index (χ0) is 20.1. The fraction of sp³-hybridized carbons (Fsp3) is 0.333. The van der Waals surface area contributed by atoms with Crippen molar-refractivity contribution < 1.29 is 14.3 Å². The molecule has 3 aromatic rings. The van der Waals surface area contributed by atoms with Crippen molar-refractivity contribution in [3.05, 3.63) is 59.2 Å². The Labute approximate surface area is 166 Å². The van der Waals surface area contributed by atoms with Crippen LogP contribution in [-0.4, -0.2) is 24.7 Å². The number of aryl methyl sites for hydroxylation is 2. The van der Waals surface area contributed by atoms with Crippen LogP contribution in [0.3, 0.4) is 0 Å². The van der Waals surface area contributed by atoms with Crippen LogP contribution in [0.4, 0.5) is 0 Å². The minimum absolute atomic E-state index is 0.294. The summed E-state index contributed by atoms with van der Waals surface area (Å²) in [5.41, 5.74) is 5.17. The molecule has 4 nitrogen and oxygen atoms in total. The zero-order valence-corrected chi connectivity index (χ0v) is 17.0. The first-order valence-electron chi connectivity index (χ1n) is 9.77. The van der Waals surface area contributed by atoms with Crippen molar-refractivity contribution in [3.8, 4) is 17.0 Å². The third-order valence-corrected chi connectivity index (χ3v) is 4.81. The zero-order valence-electron chi connectivity index (χ0n) is 17.0. The number of nitrogens with zero attached hydrogens (tertiary/aromatic N) is 1. The van der Waals surface area contributed by atoms with Crippen LogP contribution in [0.15, 0.2) is 42.5 Å². The van der Waals surface area contributed by atoms with Crippen LogP contribution in [0.25, 0.3) is 22.2 Å². The molecule has 0 atom stereocenters. The van der Waals surface area contributed by atoms with Gasteiger partial charge in [0.15, 0.2) is 0 Å². The van der Waals surface area contributed by atoms with Crippen molar-refractivity contribution >= 4 is 16.9 Å². The molecule has 0 fully saturated rings. The van der Waals surface area contributed by atoms with E-state index in [9.17, 15) is 4.79 Å². The fourth-order valence-electron chi connectivity index (χ4n) is 3.37. The average Bonchev–Trinajstić information content (AvgIpc) is 2.70. The Balaban J connectivity index is 2.10. The predicted molar refractivity (Wildman–Crippen MR) is 113 cm³/mol. The molecule has 0 amide bonds. The summed E-state index contributed by atoms with van der Waals surface area (Å²) in [5.74, 6) is 0.460. The average molecular weight is 377 g/mol. The Morgan fingerprint density at radius 1 is 1.07 bits per heavy atom. The Hall–Kier alpha value is -2.88. The highest BCUT2D eigenvalue weighted by molar-refractivity contribution is 6.05. The van der Waals surface area contributed by atoms with Crippen molar-refractivity contribution in [2.75, 3.05) is 13.7 Å². The van der Waals surface area contributed by atoms with E-state index in [0.717, 1.165) is 58.3 Å². The molecule has 0 radical (unpaired) electrons. The number of ether oxygens (including phenoxy) is 2. The smallest absolute Gasteiger partial charge is 0.338 e. The normalized spacial score (nSPS) is 10.9. The summed E-state index contributed by atoms with van der Waals surface area (Å²) < 4.78 is 10.9. The van der Waals surface area contributed by atoms with Crippen LogP contribution < -0.4 is 4.74 Å². The first-order chi connectivity index (χ1) is 13.5. The fourth-order valence-corrected chi connectivity index (χ4v) is 3.37. The molecule has 2 aromatic carbocycles. The van der Waals surface area contributed by atoms with E-state index in [0.29, 0.717) is 12.2 Å². The van der Waals surface area contributed by atoms with Gasteiger partial charge >= 0.3 is 5.97 Å². The van der Waals surface area contributed by atoms with Crippen molar-refractivity contribution in [2.24, 2.45) is 0 Å². The molecule has 0 N–H and O–H groups in total. The van der Waals surface area contributed by atoms with Gasteiger partial charge in [0, 0.05) is 10.9 Å². The maximum atomic E-state index is 12.9. The number of hydrogen-bond acceptors (Lipinski definition) is 4. The van der Waals surface area contributed by atoms with Crippen LogP contribution in [0.1, 0.15) is 47.7 Å². The molecule has 0 saturated heterocycles. The lowest BCUT2D eigenvalue weighted by Crippen LogP contribution is -2.08. The Morgan fingerprint density at radius 2 is 1.89 bits per heavy atom. The standard InChI is InChI=1S/C24H27NO3/c1-5-6-7-11-28-24(26)21-15-22(18-9-8-10-19(14-18)27-4)25-23-17(3)12-16(2)13-20(21)23/h8-10,12-15H,5-7,11H2,1-4H3. The summed E-state index contributed by atoms with van der Waals surface area (Å²) in [6, 6.07) is 13.6. The SMILES string of the molecule is CCCCCOC(=O)c1cc(-c2cccc(OC)c2)nc2c(C)cc(C)cc12. The number of carbonyl (C=O) groups is 1. The van der Waals surface area contributed by atoms with E-state index in [4.69, 9.17) is 14.5 Å². The van der Waals surface area contributed by atoms with Gasteiger partial charge in [-0.3, -0.25) is 0 Å². The van der Waals surface area contributed by atoms with Gasteiger partial charge in [-0.15, -0.1) is 0 Å². The molecule has 3 rings (SSSR count). The number of hydrogen-bond donors (Lipinski definition) is 0. The lowest BCUT2D eigenvalue weighted by atomic mass is 10.00. The van der Waals surface area contributed by atoms with Gasteiger partial charge in [-0.05, 0) is 50.1 Å². The summed E-state index contributed by atoms with van der Waals surface area (Å²) >= 11 is 0. The summed E-state index contributed by atoms with van der Waals surface area (Å²) in [5, 5.41) is 0.838. The van der Waals surface area contributed by atoms with E-state index in [1.165, 1.54) is 0 Å². The van der Waals surface area contributed by atoms with Gasteiger partial charge in [-0.2, -0.15) is 0 Å². The number of esters is 1. The van der Waals surface area contributed by atoms with E-state index >= 15 is 0 Å². The number of pyridine rings is 1. The second-order valence-electron chi connectivity index (χ2n) is 7.11. The highest BCUT2D eigenvalue weighted by Gasteiger charge is 2.17. The molecule has 1 aromatic heterocycles. The third-order valence-electron chi connectivity index (χ3n) is 4.81. The van der Waals surface area contributed by atoms with Gasteiger partial charge in [-0.25, -0.2) is 9.78 Å². The number of fused-ring (bicyclic) bond motifs is 1. The molecule has 0 aliphatic carbocycles. The van der Waals surface area contributed by atoms with Crippen molar-refractivity contribution in [1.82, 2.24) is 4.98 Å². The molecule has 0 bridgehead atoms. The van der Waals surface area contributed by atoms with E-state index < -0.39 is 0 Å². The number of carbonyl (C=O) groups excluding carboxylic acids is 1. The van der Waals surface area contributed by atoms with Gasteiger partial charge in [0.1, 0.15) is 5.75 Å². The largest absolute Gasteiger partial charge is 0.497 e. The molecule has 0 aliphatic heterocycles. The summed E-state index contributed by atoms with van der Waals surface area (Å²) in [6.45, 7) is 6.62. The molecule has 146 valence electrons. The van der Waals surface area contributed by atoms with E-state index in [1.807, 2.05) is 50.2 Å². The topological polar surface area (TPSA) is 48.4 Å². The molecule has 1 heterocycles. The first-order valence-corrected chi connectivity index (χ1v) is 9.77. The Morgan fingerprint density at radius 3 is 2.64 bits per heavy atom. The molecular formula is C24H27NO3. The van der Waals surface area contributed by atoms with Crippen molar-refractivity contribution in [3.63, 3.8) is 0 Å². The van der Waals surface area contributed by atoms with Crippen molar-refractivity contribution in [2.45, 2.75) is 40.0 Å². The van der Waals surface area contributed by atoms with Crippen LogP contribution in [-0.2, 0) is 4.74 Å². The Kier molecular flexibility index (Phi) is 6.30. The molecule has 0 spiro atoms. The lowest BCUT2D eigenvalue weighted by Gasteiger charge is -2.13. The van der Waals surface area contributed by atoms with Crippen LogP contribution in [0, 0.1) is 13.8 Å². The maximum Gasteiger partial charge on any atom is 0.338 e. The van der Waals surface area contributed by atoms with Crippen LogP contribution in [0.5, 0.6) is 5.75 Å².